The lowest BCUT2D eigenvalue weighted by atomic mass is 9.83. The van der Waals surface area contributed by atoms with Crippen molar-refractivity contribution in [1.82, 2.24) is 14.9 Å². The van der Waals surface area contributed by atoms with E-state index >= 15 is 0 Å². The molecular formula is C16H16N4O. The largest absolute Gasteiger partial charge is 0.357 e. The first-order chi connectivity index (χ1) is 10.1. The maximum absolute atomic E-state index is 12.7. The topological polar surface area (TPSA) is 70.7 Å². The summed E-state index contributed by atoms with van der Waals surface area (Å²) in [5.41, 5.74) is 2.77. The van der Waals surface area contributed by atoms with Crippen LogP contribution in [0.1, 0.15) is 28.8 Å². The second-order valence-corrected chi connectivity index (χ2v) is 5.34. The molecule has 0 bridgehead atoms. The van der Waals surface area contributed by atoms with Crippen LogP contribution in [0.3, 0.4) is 0 Å². The zero-order chi connectivity index (χ0) is 15.0. The van der Waals surface area contributed by atoms with E-state index in [4.69, 9.17) is 5.26 Å². The summed E-state index contributed by atoms with van der Waals surface area (Å²) >= 11 is 0. The number of nitrogens with one attached hydrogen (secondary N) is 1. The minimum absolute atomic E-state index is 0.0490. The highest BCUT2D eigenvalue weighted by atomic mass is 16.2. The molecule has 1 atom stereocenters. The van der Waals surface area contributed by atoms with Gasteiger partial charge in [0.25, 0.3) is 5.91 Å². The Bertz CT molecular complexity index is 756. The van der Waals surface area contributed by atoms with E-state index in [1.807, 2.05) is 29.8 Å². The molecular weight excluding hydrogens is 264 g/mol. The molecule has 1 amide bonds. The highest BCUT2D eigenvalue weighted by Crippen LogP contribution is 2.40. The number of fused-ring (bicyclic) bond motifs is 1. The number of benzene rings is 1. The zero-order valence-corrected chi connectivity index (χ0v) is 12.1. The Kier molecular flexibility index (Phi) is 3.02. The summed E-state index contributed by atoms with van der Waals surface area (Å²) in [6.45, 7) is 1.94. The van der Waals surface area contributed by atoms with Crippen molar-refractivity contribution < 1.29 is 4.79 Å². The summed E-state index contributed by atoms with van der Waals surface area (Å²) in [4.78, 5) is 16.9. The van der Waals surface area contributed by atoms with Crippen molar-refractivity contribution in [3.8, 4) is 6.07 Å². The van der Waals surface area contributed by atoms with Gasteiger partial charge in [-0.05, 0) is 43.0 Å². The van der Waals surface area contributed by atoms with E-state index in [-0.39, 0.29) is 5.91 Å². The highest BCUT2D eigenvalue weighted by molar-refractivity contribution is 5.89. The number of likely N-dealkylation sites (N-methyl/N-ethyl adjacent to an activating group) is 1. The molecule has 1 aliphatic rings. The number of aryl methyl sites for hydroxylation is 2. The fraction of sp³-hybridized carbons (Fsp3) is 0.312. The zero-order valence-electron chi connectivity index (χ0n) is 12.1. The van der Waals surface area contributed by atoms with Crippen LogP contribution < -0.4 is 5.32 Å². The first kappa shape index (κ1) is 13.4. The second-order valence-electron chi connectivity index (χ2n) is 5.34. The molecule has 2 aromatic rings. The third-order valence-corrected chi connectivity index (χ3v) is 4.27. The van der Waals surface area contributed by atoms with Gasteiger partial charge in [0.2, 0.25) is 0 Å². The van der Waals surface area contributed by atoms with E-state index < -0.39 is 5.54 Å². The van der Waals surface area contributed by atoms with Crippen LogP contribution >= 0.6 is 0 Å². The van der Waals surface area contributed by atoms with E-state index in [2.05, 4.69) is 16.4 Å². The van der Waals surface area contributed by atoms with Gasteiger partial charge < -0.3 is 9.88 Å². The molecule has 5 heteroatoms. The standard InChI is InChI=1S/C16H16N4O/c1-11-7-12(8-17)3-4-14(11)16(15(21)18-2)6-5-13-9-19-10-20(13)16/h3-4,7,9-10H,5-6H2,1-2H3,(H,18,21). The van der Waals surface area contributed by atoms with E-state index in [0.29, 0.717) is 12.0 Å². The molecule has 0 saturated heterocycles. The van der Waals surface area contributed by atoms with Gasteiger partial charge in [-0.1, -0.05) is 6.07 Å². The lowest BCUT2D eigenvalue weighted by Crippen LogP contribution is -2.46. The van der Waals surface area contributed by atoms with Gasteiger partial charge >= 0.3 is 0 Å². The summed E-state index contributed by atoms with van der Waals surface area (Å²) in [5.74, 6) is -0.0490. The predicted molar refractivity (Wildman–Crippen MR) is 77.6 cm³/mol. The molecule has 0 saturated carbocycles. The Morgan fingerprint density at radius 2 is 2.33 bits per heavy atom. The molecule has 1 unspecified atom stereocenters. The van der Waals surface area contributed by atoms with Crippen molar-refractivity contribution >= 4 is 5.91 Å². The molecule has 0 aliphatic carbocycles. The summed E-state index contributed by atoms with van der Waals surface area (Å²) in [7, 11) is 1.65. The van der Waals surface area contributed by atoms with Crippen molar-refractivity contribution in [2.75, 3.05) is 7.05 Å². The van der Waals surface area contributed by atoms with Crippen LogP contribution in [0, 0.1) is 18.3 Å². The molecule has 106 valence electrons. The number of imidazole rings is 1. The fourth-order valence-corrected chi connectivity index (χ4v) is 3.29. The third-order valence-electron chi connectivity index (χ3n) is 4.27. The number of hydrogen-bond donors (Lipinski definition) is 1. The van der Waals surface area contributed by atoms with Gasteiger partial charge in [-0.15, -0.1) is 0 Å². The molecule has 1 N–H and O–H groups in total. The Morgan fingerprint density at radius 1 is 1.52 bits per heavy atom. The SMILES string of the molecule is CNC(=O)C1(c2ccc(C#N)cc2C)CCc2cncn21. The number of carbonyl (C=O) groups is 1. The van der Waals surface area contributed by atoms with Gasteiger partial charge in [-0.2, -0.15) is 5.26 Å². The number of aromatic nitrogens is 2. The first-order valence-electron chi connectivity index (χ1n) is 6.88. The second kappa shape index (κ2) is 4.74. The molecule has 0 spiro atoms. The van der Waals surface area contributed by atoms with Crippen molar-refractivity contribution in [3.05, 3.63) is 53.1 Å². The molecule has 1 aliphatic heterocycles. The Morgan fingerprint density at radius 3 is 3.00 bits per heavy atom. The molecule has 0 radical (unpaired) electrons. The van der Waals surface area contributed by atoms with Gasteiger partial charge in [-0.25, -0.2) is 4.98 Å². The minimum Gasteiger partial charge on any atom is -0.357 e. The number of nitrogens with zero attached hydrogens (tertiary/aromatic N) is 3. The van der Waals surface area contributed by atoms with Crippen LogP contribution in [0.2, 0.25) is 0 Å². The summed E-state index contributed by atoms with van der Waals surface area (Å²) in [6.07, 6.45) is 5.04. The molecule has 2 heterocycles. The maximum atomic E-state index is 12.7. The highest BCUT2D eigenvalue weighted by Gasteiger charge is 2.46. The summed E-state index contributed by atoms with van der Waals surface area (Å²) in [6, 6.07) is 7.62. The number of carbonyl (C=O) groups excluding carboxylic acids is 1. The maximum Gasteiger partial charge on any atom is 0.250 e. The van der Waals surface area contributed by atoms with Crippen LogP contribution in [0.15, 0.2) is 30.7 Å². The minimum atomic E-state index is -0.765. The Labute approximate surface area is 123 Å². The predicted octanol–water partition coefficient (Wildman–Crippen LogP) is 1.50. The van der Waals surface area contributed by atoms with Crippen molar-refractivity contribution in [1.29, 1.82) is 5.26 Å². The smallest absolute Gasteiger partial charge is 0.250 e. The van der Waals surface area contributed by atoms with E-state index in [1.165, 1.54) is 0 Å². The molecule has 3 rings (SSSR count). The van der Waals surface area contributed by atoms with Crippen LogP contribution in [0.4, 0.5) is 0 Å². The van der Waals surface area contributed by atoms with Crippen molar-refractivity contribution in [2.24, 2.45) is 0 Å². The van der Waals surface area contributed by atoms with E-state index in [1.54, 1.807) is 19.4 Å². The molecule has 21 heavy (non-hydrogen) atoms. The van der Waals surface area contributed by atoms with Gasteiger partial charge in [0, 0.05) is 18.9 Å². The van der Waals surface area contributed by atoms with Crippen LogP contribution in [-0.4, -0.2) is 22.5 Å². The number of rotatable bonds is 2. The monoisotopic (exact) mass is 280 g/mol. The average Bonchev–Trinajstić information content (AvgIpc) is 3.09. The lowest BCUT2D eigenvalue weighted by molar-refractivity contribution is -0.127. The normalized spacial score (nSPS) is 19.9. The summed E-state index contributed by atoms with van der Waals surface area (Å²) in [5, 5.41) is 11.8. The fourth-order valence-electron chi connectivity index (χ4n) is 3.29. The van der Waals surface area contributed by atoms with E-state index in [0.717, 1.165) is 23.2 Å². The third kappa shape index (κ3) is 1.76. The van der Waals surface area contributed by atoms with E-state index in [9.17, 15) is 4.79 Å². The summed E-state index contributed by atoms with van der Waals surface area (Å²) < 4.78 is 1.96. The van der Waals surface area contributed by atoms with Crippen LogP contribution in [0.25, 0.3) is 0 Å². The molecule has 0 fully saturated rings. The molecule has 1 aromatic carbocycles. The number of nitriles is 1. The molecule has 5 nitrogen and oxygen atoms in total. The lowest BCUT2D eigenvalue weighted by Gasteiger charge is -2.31. The van der Waals surface area contributed by atoms with Crippen molar-refractivity contribution in [2.45, 2.75) is 25.3 Å². The van der Waals surface area contributed by atoms with Gasteiger partial charge in [-0.3, -0.25) is 4.79 Å². The van der Waals surface area contributed by atoms with Gasteiger partial charge in [0.15, 0.2) is 0 Å². The molecule has 1 aromatic heterocycles. The van der Waals surface area contributed by atoms with Crippen LogP contribution in [0.5, 0.6) is 0 Å². The van der Waals surface area contributed by atoms with Gasteiger partial charge in [0.1, 0.15) is 5.54 Å². The van der Waals surface area contributed by atoms with Crippen LogP contribution in [-0.2, 0) is 16.8 Å². The Hall–Kier alpha value is -2.61. The van der Waals surface area contributed by atoms with Crippen molar-refractivity contribution in [3.63, 3.8) is 0 Å². The Balaban J connectivity index is 2.24. The number of amides is 1. The van der Waals surface area contributed by atoms with Gasteiger partial charge in [0.05, 0.1) is 18.0 Å². The first-order valence-corrected chi connectivity index (χ1v) is 6.88. The quantitative estimate of drug-likeness (QED) is 0.906. The average molecular weight is 280 g/mol. The number of hydrogen-bond acceptors (Lipinski definition) is 3.